The summed E-state index contributed by atoms with van der Waals surface area (Å²) in [5, 5.41) is 6.91. The van der Waals surface area contributed by atoms with Crippen molar-refractivity contribution in [3.8, 4) is 17.0 Å². The fourth-order valence-corrected chi connectivity index (χ4v) is 2.42. The number of ether oxygens (including phenoxy) is 1. The maximum atomic E-state index is 11.6. The molecule has 1 heterocycles. The molecule has 1 amide bonds. The van der Waals surface area contributed by atoms with Gasteiger partial charge in [0.2, 0.25) is 0 Å². The zero-order valence-corrected chi connectivity index (χ0v) is 13.2. The normalized spacial score (nSPS) is 10.4. The number of carbonyl (C=O) groups is 1. The van der Waals surface area contributed by atoms with E-state index in [9.17, 15) is 4.79 Å². The van der Waals surface area contributed by atoms with Gasteiger partial charge >= 0.3 is 0 Å². The van der Waals surface area contributed by atoms with Gasteiger partial charge in [0.15, 0.2) is 0 Å². The van der Waals surface area contributed by atoms with Gasteiger partial charge in [0.05, 0.1) is 5.69 Å². The van der Waals surface area contributed by atoms with Crippen LogP contribution < -0.4 is 16.0 Å². The standard InChI is InChI=1S/C18H18N4O2/c1-12-16(21-22-17(12)18(23)20-19)14-7-9-15(10-8-14)24-11-13-5-3-2-4-6-13/h2-10H,11,19H2,1H3,(H,20,23)(H,21,22). The lowest BCUT2D eigenvalue weighted by molar-refractivity contribution is 0.0948. The number of rotatable bonds is 5. The number of hydrazine groups is 1. The lowest BCUT2D eigenvalue weighted by Crippen LogP contribution is -2.30. The van der Waals surface area contributed by atoms with Crippen LogP contribution in [0.5, 0.6) is 5.75 Å². The second-order valence-corrected chi connectivity index (χ2v) is 5.34. The quantitative estimate of drug-likeness (QED) is 0.382. The first-order valence-electron chi connectivity index (χ1n) is 7.52. The number of hydrogen-bond donors (Lipinski definition) is 3. The van der Waals surface area contributed by atoms with Crippen LogP contribution in [0.15, 0.2) is 54.6 Å². The number of amides is 1. The molecule has 122 valence electrons. The van der Waals surface area contributed by atoms with E-state index < -0.39 is 5.91 Å². The summed E-state index contributed by atoms with van der Waals surface area (Å²) in [5.41, 5.74) is 5.92. The average molecular weight is 322 g/mol. The Morgan fingerprint density at radius 3 is 2.54 bits per heavy atom. The number of aromatic nitrogens is 2. The molecule has 4 N–H and O–H groups in total. The van der Waals surface area contributed by atoms with Gasteiger partial charge in [-0.15, -0.1) is 0 Å². The molecule has 0 saturated heterocycles. The third-order valence-corrected chi connectivity index (χ3v) is 3.74. The number of nitrogen functional groups attached to an aromatic ring is 1. The molecule has 24 heavy (non-hydrogen) atoms. The molecule has 0 bridgehead atoms. The molecule has 0 spiro atoms. The van der Waals surface area contributed by atoms with Crippen LogP contribution in [0, 0.1) is 6.92 Å². The summed E-state index contributed by atoms with van der Waals surface area (Å²) in [7, 11) is 0. The lowest BCUT2D eigenvalue weighted by Gasteiger charge is -2.07. The van der Waals surface area contributed by atoms with Crippen LogP contribution in [0.2, 0.25) is 0 Å². The monoisotopic (exact) mass is 322 g/mol. The van der Waals surface area contributed by atoms with Gasteiger partial charge < -0.3 is 4.74 Å². The molecule has 0 aliphatic carbocycles. The summed E-state index contributed by atoms with van der Waals surface area (Å²) in [6.07, 6.45) is 0. The van der Waals surface area contributed by atoms with Crippen molar-refractivity contribution in [2.24, 2.45) is 5.84 Å². The van der Waals surface area contributed by atoms with Crippen molar-refractivity contribution in [3.05, 3.63) is 71.4 Å². The largest absolute Gasteiger partial charge is 0.489 e. The summed E-state index contributed by atoms with van der Waals surface area (Å²) in [6, 6.07) is 17.6. The third-order valence-electron chi connectivity index (χ3n) is 3.74. The van der Waals surface area contributed by atoms with E-state index in [4.69, 9.17) is 10.6 Å². The van der Waals surface area contributed by atoms with Crippen LogP contribution in [0.25, 0.3) is 11.3 Å². The minimum absolute atomic E-state index is 0.358. The maximum Gasteiger partial charge on any atom is 0.283 e. The fourth-order valence-electron chi connectivity index (χ4n) is 2.42. The molecule has 0 saturated carbocycles. The molecule has 3 aromatic rings. The molecule has 6 heteroatoms. The second-order valence-electron chi connectivity index (χ2n) is 5.34. The number of hydrogen-bond acceptors (Lipinski definition) is 4. The fraction of sp³-hybridized carbons (Fsp3) is 0.111. The summed E-state index contributed by atoms with van der Waals surface area (Å²) < 4.78 is 5.77. The van der Waals surface area contributed by atoms with Crippen molar-refractivity contribution in [1.82, 2.24) is 15.6 Å². The smallest absolute Gasteiger partial charge is 0.283 e. The molecule has 1 aromatic heterocycles. The van der Waals surface area contributed by atoms with Gasteiger partial charge in [0.1, 0.15) is 18.1 Å². The molecular weight excluding hydrogens is 304 g/mol. The molecule has 6 nitrogen and oxygen atoms in total. The highest BCUT2D eigenvalue weighted by atomic mass is 16.5. The van der Waals surface area contributed by atoms with Crippen molar-refractivity contribution in [1.29, 1.82) is 0 Å². The minimum atomic E-state index is -0.394. The first-order valence-corrected chi connectivity index (χ1v) is 7.52. The summed E-state index contributed by atoms with van der Waals surface area (Å²) >= 11 is 0. The number of nitrogens with one attached hydrogen (secondary N) is 2. The van der Waals surface area contributed by atoms with Gasteiger partial charge in [-0.05, 0) is 36.8 Å². The Labute approximate surface area is 139 Å². The van der Waals surface area contributed by atoms with Crippen molar-refractivity contribution < 1.29 is 9.53 Å². The predicted octanol–water partition coefficient (Wildman–Crippen LogP) is 2.57. The Morgan fingerprint density at radius 1 is 1.17 bits per heavy atom. The minimum Gasteiger partial charge on any atom is -0.489 e. The summed E-state index contributed by atoms with van der Waals surface area (Å²) in [4.78, 5) is 11.6. The van der Waals surface area contributed by atoms with Crippen molar-refractivity contribution in [2.45, 2.75) is 13.5 Å². The third kappa shape index (κ3) is 3.28. The number of carbonyl (C=O) groups excluding carboxylic acids is 1. The van der Waals surface area contributed by atoms with E-state index >= 15 is 0 Å². The van der Waals surface area contributed by atoms with E-state index in [1.807, 2.05) is 61.5 Å². The average Bonchev–Trinajstić information content (AvgIpc) is 3.02. The number of nitrogens with two attached hydrogens (primary N) is 1. The summed E-state index contributed by atoms with van der Waals surface area (Å²) in [6.45, 7) is 2.34. The first kappa shape index (κ1) is 15.8. The topological polar surface area (TPSA) is 93.0 Å². The van der Waals surface area contributed by atoms with Gasteiger partial charge in [-0.25, -0.2) is 5.84 Å². The zero-order chi connectivity index (χ0) is 16.9. The molecule has 0 aliphatic rings. The predicted molar refractivity (Wildman–Crippen MR) is 91.2 cm³/mol. The maximum absolute atomic E-state index is 11.6. The molecule has 0 unspecified atom stereocenters. The van der Waals surface area contributed by atoms with Gasteiger partial charge in [-0.3, -0.25) is 15.3 Å². The Kier molecular flexibility index (Phi) is 4.58. The van der Waals surface area contributed by atoms with Crippen molar-refractivity contribution in [3.63, 3.8) is 0 Å². The van der Waals surface area contributed by atoms with Crippen LogP contribution in [0.4, 0.5) is 0 Å². The highest BCUT2D eigenvalue weighted by Gasteiger charge is 2.16. The van der Waals surface area contributed by atoms with Gasteiger partial charge in [0, 0.05) is 11.1 Å². The highest BCUT2D eigenvalue weighted by molar-refractivity contribution is 5.94. The van der Waals surface area contributed by atoms with Crippen molar-refractivity contribution >= 4 is 5.91 Å². The second kappa shape index (κ2) is 6.97. The van der Waals surface area contributed by atoms with Gasteiger partial charge in [-0.1, -0.05) is 30.3 Å². The van der Waals surface area contributed by atoms with Gasteiger partial charge in [-0.2, -0.15) is 5.10 Å². The lowest BCUT2D eigenvalue weighted by atomic mass is 10.1. The van der Waals surface area contributed by atoms with E-state index in [1.165, 1.54) is 0 Å². The zero-order valence-electron chi connectivity index (χ0n) is 13.2. The van der Waals surface area contributed by atoms with Crippen LogP contribution >= 0.6 is 0 Å². The Hall–Kier alpha value is -3.12. The first-order chi connectivity index (χ1) is 11.7. The van der Waals surface area contributed by atoms with E-state index in [-0.39, 0.29) is 0 Å². The van der Waals surface area contributed by atoms with E-state index in [0.29, 0.717) is 18.0 Å². The van der Waals surface area contributed by atoms with Crippen LogP contribution in [-0.2, 0) is 6.61 Å². The van der Waals surface area contributed by atoms with Crippen LogP contribution in [0.1, 0.15) is 21.6 Å². The number of benzene rings is 2. The van der Waals surface area contributed by atoms with Crippen molar-refractivity contribution in [2.75, 3.05) is 0 Å². The van der Waals surface area contributed by atoms with E-state index in [1.54, 1.807) is 0 Å². The molecule has 2 aromatic carbocycles. The number of nitrogens with zero attached hydrogens (tertiary/aromatic N) is 1. The SMILES string of the molecule is Cc1c(-c2ccc(OCc3ccccc3)cc2)n[nH]c1C(=O)NN. The number of H-pyrrole nitrogens is 1. The van der Waals surface area contributed by atoms with E-state index in [2.05, 4.69) is 15.6 Å². The molecular formula is C18H18N4O2. The van der Waals surface area contributed by atoms with Crippen LogP contribution in [-0.4, -0.2) is 16.1 Å². The molecule has 0 atom stereocenters. The molecule has 0 fully saturated rings. The highest BCUT2D eigenvalue weighted by Crippen LogP contribution is 2.25. The Balaban J connectivity index is 1.73. The molecule has 0 aliphatic heterocycles. The molecule has 0 radical (unpaired) electrons. The Bertz CT molecular complexity index is 826. The van der Waals surface area contributed by atoms with Gasteiger partial charge in [0.25, 0.3) is 5.91 Å². The van der Waals surface area contributed by atoms with E-state index in [0.717, 1.165) is 22.4 Å². The Morgan fingerprint density at radius 2 is 1.88 bits per heavy atom. The number of aromatic amines is 1. The summed E-state index contributed by atoms with van der Waals surface area (Å²) in [5.74, 6) is 5.54. The molecule has 3 rings (SSSR count). The van der Waals surface area contributed by atoms with Crippen LogP contribution in [0.3, 0.4) is 0 Å².